The van der Waals surface area contributed by atoms with Crippen LogP contribution in [0.2, 0.25) is 0 Å². The van der Waals surface area contributed by atoms with Crippen molar-refractivity contribution in [2.45, 2.75) is 71.1 Å². The molecule has 6 nitrogen and oxygen atoms in total. The molecule has 0 radical (unpaired) electrons. The molecule has 0 fully saturated rings. The lowest BCUT2D eigenvalue weighted by molar-refractivity contribution is -0.146. The first kappa shape index (κ1) is 25.5. The first-order valence-corrected chi connectivity index (χ1v) is 7.69. The average molecular weight is 318 g/mol. The number of rotatable bonds is 13. The molecule has 0 saturated carbocycles. The Kier molecular flexibility index (Phi) is 20.5. The Hall–Kier alpha value is -1.40. The quantitative estimate of drug-likeness (QED) is 0.289. The van der Waals surface area contributed by atoms with Crippen LogP contribution in [0.5, 0.6) is 0 Å². The van der Waals surface area contributed by atoms with Gasteiger partial charge in [0, 0.05) is 0 Å². The van der Waals surface area contributed by atoms with Crippen molar-refractivity contribution >= 4 is 11.9 Å². The van der Waals surface area contributed by atoms with Gasteiger partial charge >= 0.3 is 11.9 Å². The molecule has 0 aliphatic rings. The van der Waals surface area contributed by atoms with E-state index in [-0.39, 0.29) is 18.7 Å². The molecule has 0 spiro atoms. The summed E-state index contributed by atoms with van der Waals surface area (Å²) < 4.78 is 0. The molecule has 0 amide bonds. The summed E-state index contributed by atoms with van der Waals surface area (Å²) in [6, 6.07) is 0. The van der Waals surface area contributed by atoms with Gasteiger partial charge < -0.3 is 22.5 Å². The molecule has 0 heterocycles. The fourth-order valence-corrected chi connectivity index (χ4v) is 2.08. The van der Waals surface area contributed by atoms with E-state index in [9.17, 15) is 9.59 Å². The number of unbranched alkanes of at least 4 members (excludes halogenated alkanes) is 8. The Balaban J connectivity index is -0.00000180. The summed E-state index contributed by atoms with van der Waals surface area (Å²) in [6.07, 6.45) is 13.7. The van der Waals surface area contributed by atoms with E-state index in [1.54, 1.807) is 6.08 Å². The minimum atomic E-state index is -1.07. The Morgan fingerprint density at radius 2 is 1.41 bits per heavy atom. The van der Waals surface area contributed by atoms with Crippen molar-refractivity contribution in [2.75, 3.05) is 0 Å². The highest BCUT2D eigenvalue weighted by atomic mass is 16.4. The molecule has 6 heteroatoms. The highest BCUT2D eigenvalue weighted by Gasteiger charge is 2.17. The third-order valence-corrected chi connectivity index (χ3v) is 3.30. The highest BCUT2D eigenvalue weighted by molar-refractivity contribution is 5.79. The molecule has 0 aromatic carbocycles. The van der Waals surface area contributed by atoms with Crippen LogP contribution >= 0.6 is 0 Å². The number of aliphatic carboxylic acids is 2. The second kappa shape index (κ2) is 17.7. The zero-order chi connectivity index (χ0) is 15.2. The van der Waals surface area contributed by atoms with Crippen LogP contribution < -0.4 is 12.3 Å². The van der Waals surface area contributed by atoms with Crippen LogP contribution in [-0.2, 0) is 9.59 Å². The number of carboxylic acids is 2. The Bertz CT molecular complexity index is 307. The fraction of sp³-hybridized carbons (Fsp3) is 0.750. The summed E-state index contributed by atoms with van der Waals surface area (Å²) in [5.41, 5.74) is 0. The molecule has 1 atom stereocenters. The molecule has 0 aliphatic heterocycles. The maximum atomic E-state index is 10.8. The maximum absolute atomic E-state index is 10.8. The molecular formula is C16H34N2O4. The van der Waals surface area contributed by atoms with Crippen molar-refractivity contribution < 1.29 is 19.8 Å². The molecule has 0 bridgehead atoms. The fourth-order valence-electron chi connectivity index (χ4n) is 2.08. The minimum Gasteiger partial charge on any atom is -0.481 e. The second-order valence-corrected chi connectivity index (χ2v) is 5.23. The number of hydrogen-bond donors (Lipinski definition) is 4. The summed E-state index contributed by atoms with van der Waals surface area (Å²) >= 11 is 0. The van der Waals surface area contributed by atoms with Gasteiger partial charge in [0.05, 0.1) is 12.3 Å². The van der Waals surface area contributed by atoms with Crippen LogP contribution in [0.1, 0.15) is 71.1 Å². The SMILES string of the molecule is CCCCCCCCCCC=CC(CC(=O)O)C(=O)O.N.N. The average Bonchev–Trinajstić information content (AvgIpc) is 2.39. The lowest BCUT2D eigenvalue weighted by Gasteiger charge is -2.03. The largest absolute Gasteiger partial charge is 0.481 e. The molecule has 22 heavy (non-hydrogen) atoms. The second-order valence-electron chi connectivity index (χ2n) is 5.23. The van der Waals surface area contributed by atoms with Gasteiger partial charge in [0.2, 0.25) is 0 Å². The molecular weight excluding hydrogens is 284 g/mol. The van der Waals surface area contributed by atoms with Gasteiger partial charge in [-0.05, 0) is 12.8 Å². The van der Waals surface area contributed by atoms with Gasteiger partial charge in [-0.15, -0.1) is 0 Å². The van der Waals surface area contributed by atoms with Crippen LogP contribution in [0.3, 0.4) is 0 Å². The van der Waals surface area contributed by atoms with E-state index in [0.717, 1.165) is 19.3 Å². The standard InChI is InChI=1S/C16H28O4.2H3N/c1-2-3-4-5-6-7-8-9-10-11-12-14(16(19)20)13-15(17)18;;/h11-12,14H,2-10,13H2,1H3,(H,17,18)(H,19,20);2*1H3. The molecule has 132 valence electrons. The first-order chi connectivity index (χ1) is 9.57. The van der Waals surface area contributed by atoms with Crippen LogP contribution in [0.4, 0.5) is 0 Å². The van der Waals surface area contributed by atoms with Crippen molar-refractivity contribution in [3.63, 3.8) is 0 Å². The number of hydrogen-bond acceptors (Lipinski definition) is 4. The van der Waals surface area contributed by atoms with E-state index in [4.69, 9.17) is 10.2 Å². The van der Waals surface area contributed by atoms with Crippen molar-refractivity contribution in [1.29, 1.82) is 0 Å². The molecule has 0 aromatic heterocycles. The van der Waals surface area contributed by atoms with Crippen molar-refractivity contribution in [1.82, 2.24) is 12.3 Å². The monoisotopic (exact) mass is 318 g/mol. The lowest BCUT2D eigenvalue weighted by atomic mass is 10.0. The Morgan fingerprint density at radius 1 is 0.909 bits per heavy atom. The van der Waals surface area contributed by atoms with Gasteiger partial charge in [0.25, 0.3) is 0 Å². The van der Waals surface area contributed by atoms with E-state index in [1.165, 1.54) is 44.6 Å². The summed E-state index contributed by atoms with van der Waals surface area (Å²) in [5.74, 6) is -3.05. The van der Waals surface area contributed by atoms with Gasteiger partial charge in [0.15, 0.2) is 0 Å². The van der Waals surface area contributed by atoms with Crippen molar-refractivity contribution in [2.24, 2.45) is 5.92 Å². The predicted molar refractivity (Wildman–Crippen MR) is 89.8 cm³/mol. The topological polar surface area (TPSA) is 145 Å². The van der Waals surface area contributed by atoms with E-state index in [2.05, 4.69) is 6.92 Å². The number of carbonyl (C=O) groups is 2. The Morgan fingerprint density at radius 3 is 1.86 bits per heavy atom. The minimum absolute atomic E-state index is 0. The van der Waals surface area contributed by atoms with Crippen LogP contribution in [0.15, 0.2) is 12.2 Å². The molecule has 0 saturated heterocycles. The molecule has 0 aliphatic carbocycles. The van der Waals surface area contributed by atoms with Crippen molar-refractivity contribution in [3.05, 3.63) is 12.2 Å². The number of carboxylic acid groups (broad SMARTS) is 2. The van der Waals surface area contributed by atoms with Gasteiger partial charge in [-0.25, -0.2) is 0 Å². The molecule has 1 unspecified atom stereocenters. The molecule has 0 rings (SSSR count). The van der Waals surface area contributed by atoms with Gasteiger partial charge in [-0.3, -0.25) is 9.59 Å². The zero-order valence-corrected chi connectivity index (χ0v) is 13.9. The van der Waals surface area contributed by atoms with Crippen LogP contribution in [0, 0.1) is 5.92 Å². The smallest absolute Gasteiger partial charge is 0.310 e. The lowest BCUT2D eigenvalue weighted by Crippen LogP contribution is -2.15. The van der Waals surface area contributed by atoms with Crippen molar-refractivity contribution in [3.8, 4) is 0 Å². The van der Waals surface area contributed by atoms with Crippen LogP contribution in [0.25, 0.3) is 0 Å². The van der Waals surface area contributed by atoms with Crippen LogP contribution in [-0.4, -0.2) is 22.2 Å². The van der Waals surface area contributed by atoms with E-state index < -0.39 is 17.9 Å². The normalized spacial score (nSPS) is 11.5. The summed E-state index contributed by atoms with van der Waals surface area (Å²) in [4.78, 5) is 21.3. The van der Waals surface area contributed by atoms with Gasteiger partial charge in [-0.2, -0.15) is 0 Å². The van der Waals surface area contributed by atoms with E-state index >= 15 is 0 Å². The third-order valence-electron chi connectivity index (χ3n) is 3.30. The van der Waals surface area contributed by atoms with Gasteiger partial charge in [0.1, 0.15) is 0 Å². The van der Waals surface area contributed by atoms with E-state index in [0.29, 0.717) is 0 Å². The number of allylic oxidation sites excluding steroid dienone is 1. The molecule has 0 aromatic rings. The van der Waals surface area contributed by atoms with Gasteiger partial charge in [-0.1, -0.05) is 64.0 Å². The van der Waals surface area contributed by atoms with E-state index in [1.807, 2.05) is 0 Å². The summed E-state index contributed by atoms with van der Waals surface area (Å²) in [7, 11) is 0. The third kappa shape index (κ3) is 16.7. The maximum Gasteiger partial charge on any atom is 0.310 e. The predicted octanol–water partition coefficient (Wildman–Crippen LogP) is 4.57. The molecule has 8 N–H and O–H groups in total. The highest BCUT2D eigenvalue weighted by Crippen LogP contribution is 2.11. The zero-order valence-electron chi connectivity index (χ0n) is 13.9. The summed E-state index contributed by atoms with van der Waals surface area (Å²) in [5, 5.41) is 17.4. The summed E-state index contributed by atoms with van der Waals surface area (Å²) in [6.45, 7) is 2.21. The first-order valence-electron chi connectivity index (χ1n) is 7.69. The Labute approximate surface area is 134 Å².